The molecule has 0 saturated heterocycles. The van der Waals surface area contributed by atoms with E-state index in [-0.39, 0.29) is 36.5 Å². The molecule has 0 radical (unpaired) electrons. The molecule has 202 valence electrons. The Balaban J connectivity index is 1.57. The molecule has 2 aromatic rings. The van der Waals surface area contributed by atoms with Crippen LogP contribution in [0, 0.1) is 11.7 Å². The van der Waals surface area contributed by atoms with Crippen LogP contribution in [0.3, 0.4) is 0 Å². The Kier molecular flexibility index (Phi) is 9.12. The van der Waals surface area contributed by atoms with Gasteiger partial charge in [0.1, 0.15) is 30.3 Å². The molecule has 1 aliphatic heterocycles. The van der Waals surface area contributed by atoms with Crippen molar-refractivity contribution < 1.29 is 23.5 Å². The highest BCUT2D eigenvalue weighted by atomic mass is 19.1. The number of rotatable bonds is 3. The highest BCUT2D eigenvalue weighted by Crippen LogP contribution is 2.33. The van der Waals surface area contributed by atoms with Gasteiger partial charge >= 0.3 is 0 Å². The van der Waals surface area contributed by atoms with Gasteiger partial charge in [-0.2, -0.15) is 0 Å². The minimum absolute atomic E-state index is 0.167. The van der Waals surface area contributed by atoms with Crippen LogP contribution in [-0.2, 0) is 20.8 Å². The van der Waals surface area contributed by atoms with Crippen LogP contribution in [-0.4, -0.2) is 67.5 Å². The van der Waals surface area contributed by atoms with Crippen molar-refractivity contribution in [2.75, 3.05) is 26.7 Å². The maximum Gasteiger partial charge on any atom is 0.243 e. The zero-order valence-electron chi connectivity index (χ0n) is 21.8. The summed E-state index contributed by atoms with van der Waals surface area (Å²) in [4.78, 5) is 41.1. The van der Waals surface area contributed by atoms with Crippen LogP contribution in [0.4, 0.5) is 4.39 Å². The van der Waals surface area contributed by atoms with Gasteiger partial charge in [-0.3, -0.25) is 14.4 Å². The maximum absolute atomic E-state index is 13.4. The third-order valence-corrected chi connectivity index (χ3v) is 6.99. The fraction of sp³-hybridized carbons (Fsp3) is 0.414. The normalized spacial score (nSPS) is 23.9. The van der Waals surface area contributed by atoms with Crippen molar-refractivity contribution >= 4 is 23.8 Å². The van der Waals surface area contributed by atoms with E-state index in [0.29, 0.717) is 24.5 Å². The van der Waals surface area contributed by atoms with Crippen LogP contribution >= 0.6 is 0 Å². The summed E-state index contributed by atoms with van der Waals surface area (Å²) in [5, 5.41) is 8.97. The zero-order chi connectivity index (χ0) is 27.1. The van der Waals surface area contributed by atoms with Crippen molar-refractivity contribution in [3.63, 3.8) is 0 Å². The first kappa shape index (κ1) is 27.3. The first-order chi connectivity index (χ1) is 18.3. The van der Waals surface area contributed by atoms with Gasteiger partial charge in [0.15, 0.2) is 0 Å². The summed E-state index contributed by atoms with van der Waals surface area (Å²) in [6.45, 7) is 2.74. The van der Waals surface area contributed by atoms with Gasteiger partial charge in [0.05, 0.1) is 6.04 Å². The highest BCUT2D eigenvalue weighted by molar-refractivity contribution is 5.93. The standard InChI is InChI=1S/C29H35FN4O4/c1-19-27(35)33-24(18-20-9-13-23(30)14-10-20)28(36)32-15-5-7-21-6-3-4-8-25(21)38-17-16-31-26(22-11-12-22)29(37)34(19)2/h3-10,13-14,19,22,24,26,31H,11-12,15-18H2,1-2H3,(H,32,36)(H,33,35)/t19-,24-,26+/m1/s1. The SMILES string of the molecule is C[C@@H]1C(=O)N[C@H](Cc2ccc(F)cc2)C(=O)NCC=Cc2ccccc2OCCN[C@@H](C2CC2)C(=O)N1C. The monoisotopic (exact) mass is 522 g/mol. The Hall–Kier alpha value is -3.72. The third-order valence-electron chi connectivity index (χ3n) is 6.99. The van der Waals surface area contributed by atoms with Gasteiger partial charge in [-0.05, 0) is 49.4 Å². The fourth-order valence-electron chi connectivity index (χ4n) is 4.42. The van der Waals surface area contributed by atoms with Crippen molar-refractivity contribution in [3.05, 3.63) is 71.6 Å². The molecule has 1 saturated carbocycles. The lowest BCUT2D eigenvalue weighted by molar-refractivity contribution is -0.141. The van der Waals surface area contributed by atoms with Gasteiger partial charge in [0, 0.05) is 32.1 Å². The predicted octanol–water partition coefficient (Wildman–Crippen LogP) is 2.29. The van der Waals surface area contributed by atoms with Crippen molar-refractivity contribution in [1.29, 1.82) is 0 Å². The van der Waals surface area contributed by atoms with Crippen LogP contribution in [0.25, 0.3) is 6.08 Å². The molecular formula is C29H35FN4O4. The second kappa shape index (κ2) is 12.7. The number of carbonyl (C=O) groups is 3. The van der Waals surface area contributed by atoms with E-state index in [0.717, 1.165) is 18.4 Å². The van der Waals surface area contributed by atoms with E-state index in [9.17, 15) is 18.8 Å². The Morgan fingerprint density at radius 2 is 1.76 bits per heavy atom. The van der Waals surface area contributed by atoms with E-state index in [4.69, 9.17) is 4.74 Å². The van der Waals surface area contributed by atoms with Crippen molar-refractivity contribution in [1.82, 2.24) is 20.9 Å². The molecule has 38 heavy (non-hydrogen) atoms. The number of likely N-dealkylation sites (N-methyl/N-ethyl adjacent to an activating group) is 1. The molecule has 1 aliphatic carbocycles. The summed E-state index contributed by atoms with van der Waals surface area (Å²) in [5.41, 5.74) is 1.56. The number of nitrogens with one attached hydrogen (secondary N) is 3. The minimum atomic E-state index is -0.904. The number of fused-ring (bicyclic) bond motifs is 1. The molecule has 8 nitrogen and oxygen atoms in total. The molecule has 2 aromatic carbocycles. The van der Waals surface area contributed by atoms with Gasteiger partial charge in [0.25, 0.3) is 0 Å². The van der Waals surface area contributed by atoms with Crippen molar-refractivity contribution in [3.8, 4) is 5.75 Å². The Morgan fingerprint density at radius 3 is 2.50 bits per heavy atom. The topological polar surface area (TPSA) is 99.8 Å². The van der Waals surface area contributed by atoms with Crippen LogP contribution in [0.1, 0.15) is 30.9 Å². The molecule has 4 rings (SSSR count). The van der Waals surface area contributed by atoms with E-state index < -0.39 is 24.0 Å². The molecule has 1 fully saturated rings. The number of hydrogen-bond acceptors (Lipinski definition) is 5. The second-order valence-electron chi connectivity index (χ2n) is 9.82. The molecule has 3 atom stereocenters. The molecule has 0 spiro atoms. The summed E-state index contributed by atoms with van der Waals surface area (Å²) in [6.07, 6.45) is 5.76. The van der Waals surface area contributed by atoms with Crippen LogP contribution < -0.4 is 20.7 Å². The quantitative estimate of drug-likeness (QED) is 0.575. The Labute approximate surface area is 222 Å². The number of hydrogen-bond donors (Lipinski definition) is 3. The lowest BCUT2D eigenvalue weighted by atomic mass is 10.0. The molecule has 1 heterocycles. The van der Waals surface area contributed by atoms with Crippen LogP contribution in [0.15, 0.2) is 54.6 Å². The van der Waals surface area contributed by atoms with Gasteiger partial charge in [-0.15, -0.1) is 0 Å². The Morgan fingerprint density at radius 1 is 1.03 bits per heavy atom. The average Bonchev–Trinajstić information content (AvgIpc) is 3.76. The van der Waals surface area contributed by atoms with E-state index in [1.165, 1.54) is 17.0 Å². The minimum Gasteiger partial charge on any atom is -0.492 e. The summed E-state index contributed by atoms with van der Waals surface area (Å²) < 4.78 is 19.4. The largest absolute Gasteiger partial charge is 0.492 e. The molecule has 0 bridgehead atoms. The van der Waals surface area contributed by atoms with E-state index >= 15 is 0 Å². The van der Waals surface area contributed by atoms with E-state index in [2.05, 4.69) is 16.0 Å². The lowest BCUT2D eigenvalue weighted by Crippen LogP contribution is -2.56. The molecular weight excluding hydrogens is 487 g/mol. The first-order valence-electron chi connectivity index (χ1n) is 13.0. The maximum atomic E-state index is 13.4. The molecule has 2 aliphatic rings. The smallest absolute Gasteiger partial charge is 0.243 e. The molecule has 3 N–H and O–H groups in total. The number of amides is 3. The van der Waals surface area contributed by atoms with Gasteiger partial charge < -0.3 is 25.6 Å². The zero-order valence-corrected chi connectivity index (χ0v) is 21.8. The number of para-hydroxylation sites is 1. The van der Waals surface area contributed by atoms with Crippen molar-refractivity contribution in [2.24, 2.45) is 5.92 Å². The van der Waals surface area contributed by atoms with Crippen LogP contribution in [0.5, 0.6) is 5.75 Å². The summed E-state index contributed by atoms with van der Waals surface area (Å²) in [5.74, 6) is -0.436. The number of ether oxygens (including phenoxy) is 1. The lowest BCUT2D eigenvalue weighted by Gasteiger charge is -2.30. The average molecular weight is 523 g/mol. The molecule has 0 aromatic heterocycles. The number of nitrogens with zero attached hydrogens (tertiary/aromatic N) is 1. The van der Waals surface area contributed by atoms with E-state index in [1.807, 2.05) is 36.4 Å². The first-order valence-corrected chi connectivity index (χ1v) is 13.0. The van der Waals surface area contributed by atoms with Gasteiger partial charge in [0.2, 0.25) is 17.7 Å². The predicted molar refractivity (Wildman–Crippen MR) is 143 cm³/mol. The third kappa shape index (κ3) is 7.19. The molecule has 9 heteroatoms. The summed E-state index contributed by atoms with van der Waals surface area (Å²) >= 11 is 0. The Bertz CT molecular complexity index is 1170. The highest BCUT2D eigenvalue weighted by Gasteiger charge is 2.39. The fourth-order valence-corrected chi connectivity index (χ4v) is 4.42. The molecule has 0 unspecified atom stereocenters. The number of benzene rings is 2. The number of carbonyl (C=O) groups excluding carboxylic acids is 3. The van der Waals surface area contributed by atoms with Crippen molar-refractivity contribution in [2.45, 2.75) is 44.3 Å². The molecule has 3 amide bonds. The van der Waals surface area contributed by atoms with E-state index in [1.54, 1.807) is 26.1 Å². The summed E-state index contributed by atoms with van der Waals surface area (Å²) in [6, 6.07) is 11.3. The van der Waals surface area contributed by atoms with Gasteiger partial charge in [-0.25, -0.2) is 4.39 Å². The van der Waals surface area contributed by atoms with Crippen LogP contribution in [0.2, 0.25) is 0 Å². The number of halogens is 1. The summed E-state index contributed by atoms with van der Waals surface area (Å²) in [7, 11) is 1.61. The second-order valence-corrected chi connectivity index (χ2v) is 9.82. The van der Waals surface area contributed by atoms with Gasteiger partial charge in [-0.1, -0.05) is 42.5 Å².